The fraction of sp³-hybridized carbons (Fsp3) is 0.647. The molecule has 3 rings (SSSR count). The molecule has 23 heavy (non-hydrogen) atoms. The predicted molar refractivity (Wildman–Crippen MR) is 90.2 cm³/mol. The second kappa shape index (κ2) is 6.00. The molecular weight excluding hydrogens is 294 g/mol. The Kier molecular flexibility index (Phi) is 4.19. The van der Waals surface area contributed by atoms with Crippen LogP contribution in [-0.2, 0) is 0 Å². The number of nitrogens with zero attached hydrogens (tertiary/aromatic N) is 3. The lowest BCUT2D eigenvalue weighted by atomic mass is 9.60. The van der Waals surface area contributed by atoms with E-state index >= 15 is 0 Å². The zero-order valence-electron chi connectivity index (χ0n) is 14.1. The quantitative estimate of drug-likeness (QED) is 0.631. The lowest BCUT2D eigenvalue weighted by molar-refractivity contribution is -0.385. The number of anilines is 1. The van der Waals surface area contributed by atoms with Crippen LogP contribution in [0.3, 0.4) is 0 Å². The molecule has 1 saturated heterocycles. The van der Waals surface area contributed by atoms with Gasteiger partial charge in [0.1, 0.15) is 0 Å². The molecule has 1 aliphatic heterocycles. The van der Waals surface area contributed by atoms with Crippen molar-refractivity contribution in [2.75, 3.05) is 39.2 Å². The summed E-state index contributed by atoms with van der Waals surface area (Å²) in [4.78, 5) is 15.2. The van der Waals surface area contributed by atoms with Crippen LogP contribution in [0.5, 0.6) is 5.75 Å². The third-order valence-corrected chi connectivity index (χ3v) is 5.62. The molecule has 0 N–H and O–H groups in total. The number of nitro groups is 1. The summed E-state index contributed by atoms with van der Waals surface area (Å²) in [6, 6.07) is 5.91. The van der Waals surface area contributed by atoms with Crippen molar-refractivity contribution in [1.29, 1.82) is 0 Å². The molecule has 0 radical (unpaired) electrons. The summed E-state index contributed by atoms with van der Waals surface area (Å²) >= 11 is 0. The second-order valence-electron chi connectivity index (χ2n) is 7.13. The van der Waals surface area contributed by atoms with Gasteiger partial charge in [0.2, 0.25) is 0 Å². The maximum Gasteiger partial charge on any atom is 0.311 e. The second-order valence-corrected chi connectivity index (χ2v) is 7.13. The molecule has 2 fully saturated rings. The van der Waals surface area contributed by atoms with Crippen molar-refractivity contribution in [3.8, 4) is 5.75 Å². The number of hydrogen-bond donors (Lipinski definition) is 0. The summed E-state index contributed by atoms with van der Waals surface area (Å²) < 4.78 is 5.18. The van der Waals surface area contributed by atoms with Gasteiger partial charge in [0.05, 0.1) is 12.0 Å². The lowest BCUT2D eigenvalue weighted by Gasteiger charge is -2.54. The maximum absolute atomic E-state index is 11.0. The van der Waals surface area contributed by atoms with Crippen LogP contribution in [0.2, 0.25) is 0 Å². The van der Waals surface area contributed by atoms with Gasteiger partial charge in [0.15, 0.2) is 5.75 Å². The topological polar surface area (TPSA) is 58.8 Å². The lowest BCUT2D eigenvalue weighted by Crippen LogP contribution is -2.53. The average Bonchev–Trinajstić information content (AvgIpc) is 2.51. The van der Waals surface area contributed by atoms with E-state index in [-0.39, 0.29) is 5.69 Å². The van der Waals surface area contributed by atoms with E-state index < -0.39 is 4.92 Å². The van der Waals surface area contributed by atoms with Crippen LogP contribution >= 0.6 is 0 Å². The third-order valence-electron chi connectivity index (χ3n) is 5.62. The Morgan fingerprint density at radius 2 is 1.96 bits per heavy atom. The van der Waals surface area contributed by atoms with Gasteiger partial charge in [-0.05, 0) is 51.3 Å². The van der Waals surface area contributed by atoms with E-state index in [9.17, 15) is 10.1 Å². The summed E-state index contributed by atoms with van der Waals surface area (Å²) in [6.45, 7) is 2.03. The minimum absolute atomic E-state index is 0.0255. The average molecular weight is 319 g/mol. The molecule has 0 atom stereocenters. The minimum Gasteiger partial charge on any atom is -0.490 e. The van der Waals surface area contributed by atoms with Crippen LogP contribution in [0.1, 0.15) is 25.7 Å². The fourth-order valence-electron chi connectivity index (χ4n) is 3.97. The number of hydrogen-bond acceptors (Lipinski definition) is 5. The third kappa shape index (κ3) is 3.00. The molecule has 1 aromatic carbocycles. The molecule has 1 aromatic rings. The number of ether oxygens (including phenoxy) is 1. The zero-order chi connectivity index (χ0) is 16.6. The maximum atomic E-state index is 11.0. The summed E-state index contributed by atoms with van der Waals surface area (Å²) in [5, 5.41) is 11.0. The molecule has 2 aliphatic rings. The van der Waals surface area contributed by atoms with Crippen molar-refractivity contribution >= 4 is 11.4 Å². The van der Waals surface area contributed by atoms with Crippen LogP contribution in [0.15, 0.2) is 18.2 Å². The monoisotopic (exact) mass is 319 g/mol. The molecule has 6 nitrogen and oxygen atoms in total. The standard InChI is InChI=1S/C17H25N3O3/c1-18(2)14-11-17(12-14)6-8-19(9-7-17)13-4-5-15(20(21)22)16(10-13)23-3/h4-5,10,14H,6-9,11-12H2,1-3H3. The number of piperidine rings is 1. The largest absolute Gasteiger partial charge is 0.490 e. The molecule has 0 amide bonds. The molecule has 1 heterocycles. The molecule has 126 valence electrons. The van der Waals surface area contributed by atoms with E-state index in [1.54, 1.807) is 12.1 Å². The van der Waals surface area contributed by atoms with Crippen LogP contribution in [0.25, 0.3) is 0 Å². The van der Waals surface area contributed by atoms with Crippen LogP contribution in [-0.4, -0.2) is 50.2 Å². The van der Waals surface area contributed by atoms with Gasteiger partial charge in [-0.15, -0.1) is 0 Å². The van der Waals surface area contributed by atoms with Crippen LogP contribution < -0.4 is 9.64 Å². The Hall–Kier alpha value is -1.82. The highest BCUT2D eigenvalue weighted by molar-refractivity contribution is 5.59. The summed E-state index contributed by atoms with van der Waals surface area (Å²) in [6.07, 6.45) is 5.02. The first-order valence-electron chi connectivity index (χ1n) is 8.18. The Morgan fingerprint density at radius 1 is 1.30 bits per heavy atom. The first kappa shape index (κ1) is 16.1. The zero-order valence-corrected chi connectivity index (χ0v) is 14.1. The van der Waals surface area contributed by atoms with Gasteiger partial charge in [-0.3, -0.25) is 10.1 Å². The first-order valence-corrected chi connectivity index (χ1v) is 8.18. The van der Waals surface area contributed by atoms with Crippen LogP contribution in [0, 0.1) is 15.5 Å². The van der Waals surface area contributed by atoms with Gasteiger partial charge in [0.25, 0.3) is 0 Å². The predicted octanol–water partition coefficient (Wildman–Crippen LogP) is 2.91. The summed E-state index contributed by atoms with van der Waals surface area (Å²) in [5.74, 6) is 0.337. The Bertz CT molecular complexity index is 587. The number of methoxy groups -OCH3 is 1. The van der Waals surface area contributed by atoms with Crippen molar-refractivity contribution in [2.45, 2.75) is 31.7 Å². The van der Waals surface area contributed by atoms with E-state index in [0.717, 1.165) is 24.8 Å². The Labute approximate surface area is 137 Å². The van der Waals surface area contributed by atoms with Gasteiger partial charge < -0.3 is 14.5 Å². The van der Waals surface area contributed by atoms with E-state index in [4.69, 9.17) is 4.74 Å². The molecule has 0 aromatic heterocycles. The molecule has 0 bridgehead atoms. The van der Waals surface area contributed by atoms with E-state index in [1.165, 1.54) is 32.8 Å². The highest BCUT2D eigenvalue weighted by Gasteiger charge is 2.46. The van der Waals surface area contributed by atoms with Crippen molar-refractivity contribution in [3.63, 3.8) is 0 Å². The number of rotatable bonds is 4. The molecule has 1 aliphatic carbocycles. The smallest absolute Gasteiger partial charge is 0.311 e. The van der Waals surface area contributed by atoms with Crippen molar-refractivity contribution in [2.24, 2.45) is 5.41 Å². The van der Waals surface area contributed by atoms with Crippen LogP contribution in [0.4, 0.5) is 11.4 Å². The van der Waals surface area contributed by atoms with Crippen molar-refractivity contribution in [3.05, 3.63) is 28.3 Å². The summed E-state index contributed by atoms with van der Waals surface area (Å²) in [5.41, 5.74) is 1.57. The van der Waals surface area contributed by atoms with Crippen molar-refractivity contribution in [1.82, 2.24) is 4.90 Å². The highest BCUT2D eigenvalue weighted by Crippen LogP contribution is 2.51. The van der Waals surface area contributed by atoms with Gasteiger partial charge in [-0.25, -0.2) is 0 Å². The Balaban J connectivity index is 1.65. The van der Waals surface area contributed by atoms with Gasteiger partial charge in [-0.2, -0.15) is 0 Å². The first-order chi connectivity index (χ1) is 10.9. The molecule has 1 saturated carbocycles. The van der Waals surface area contributed by atoms with E-state index in [0.29, 0.717) is 11.2 Å². The summed E-state index contributed by atoms with van der Waals surface area (Å²) in [7, 11) is 5.80. The van der Waals surface area contributed by atoms with Gasteiger partial charge in [0, 0.05) is 37.0 Å². The fourth-order valence-corrected chi connectivity index (χ4v) is 3.97. The number of nitro benzene ring substituents is 1. The molecule has 6 heteroatoms. The van der Waals surface area contributed by atoms with Gasteiger partial charge >= 0.3 is 5.69 Å². The van der Waals surface area contributed by atoms with E-state index in [1.807, 2.05) is 6.07 Å². The van der Waals surface area contributed by atoms with Gasteiger partial charge in [-0.1, -0.05) is 0 Å². The molecule has 1 spiro atoms. The highest BCUT2D eigenvalue weighted by atomic mass is 16.6. The van der Waals surface area contributed by atoms with Crippen molar-refractivity contribution < 1.29 is 9.66 Å². The van der Waals surface area contributed by atoms with E-state index in [2.05, 4.69) is 23.9 Å². The number of benzene rings is 1. The normalized spacial score (nSPS) is 20.6. The molecular formula is C17H25N3O3. The molecule has 0 unspecified atom stereocenters. The Morgan fingerprint density at radius 3 is 2.48 bits per heavy atom. The minimum atomic E-state index is -0.399. The SMILES string of the molecule is COc1cc(N2CCC3(CC2)CC(N(C)C)C3)ccc1[N+](=O)[O-].